The quantitative estimate of drug-likeness (QED) is 0.928. The maximum atomic E-state index is 6.10. The maximum Gasteiger partial charge on any atom is 0.152 e. The fourth-order valence-corrected chi connectivity index (χ4v) is 2.73. The molecular weight excluding hydrogens is 314 g/mol. The molecule has 23 heavy (non-hydrogen) atoms. The van der Waals surface area contributed by atoms with E-state index >= 15 is 0 Å². The summed E-state index contributed by atoms with van der Waals surface area (Å²) >= 11 is 6.10. The van der Waals surface area contributed by atoms with Crippen LogP contribution in [0.15, 0.2) is 30.7 Å². The predicted octanol–water partition coefficient (Wildman–Crippen LogP) is 2.63. The molecule has 0 aliphatic carbocycles. The van der Waals surface area contributed by atoms with Gasteiger partial charge in [-0.3, -0.25) is 0 Å². The lowest BCUT2D eigenvalue weighted by molar-refractivity contribution is 0.312. The second kappa shape index (κ2) is 7.02. The highest BCUT2D eigenvalue weighted by atomic mass is 35.5. The molecule has 6 nitrogen and oxygen atoms in total. The molecule has 0 amide bonds. The van der Waals surface area contributed by atoms with E-state index in [1.807, 2.05) is 12.1 Å². The van der Waals surface area contributed by atoms with E-state index in [2.05, 4.69) is 38.2 Å². The van der Waals surface area contributed by atoms with E-state index in [9.17, 15) is 0 Å². The van der Waals surface area contributed by atoms with Crippen LogP contribution in [0.2, 0.25) is 5.02 Å². The van der Waals surface area contributed by atoms with Crippen LogP contribution in [0.25, 0.3) is 0 Å². The van der Waals surface area contributed by atoms with E-state index in [1.165, 1.54) is 6.33 Å². The van der Waals surface area contributed by atoms with Gasteiger partial charge in [-0.2, -0.15) is 0 Å². The Morgan fingerprint density at radius 2 is 2.00 bits per heavy atom. The van der Waals surface area contributed by atoms with Gasteiger partial charge >= 0.3 is 0 Å². The number of methoxy groups -OCH3 is 1. The van der Waals surface area contributed by atoms with Crippen LogP contribution in [0.4, 0.5) is 17.2 Å². The third kappa shape index (κ3) is 3.65. The number of nitrogens with zero attached hydrogens (tertiary/aromatic N) is 4. The first-order valence-electron chi connectivity index (χ1n) is 7.51. The largest absolute Gasteiger partial charge is 0.494 e. The molecule has 2 heterocycles. The number of hydrogen-bond acceptors (Lipinski definition) is 6. The molecule has 3 rings (SSSR count). The van der Waals surface area contributed by atoms with Crippen LogP contribution in [0, 0.1) is 0 Å². The average molecular weight is 334 g/mol. The minimum Gasteiger partial charge on any atom is -0.494 e. The van der Waals surface area contributed by atoms with Crippen LogP contribution in [0.3, 0.4) is 0 Å². The number of benzene rings is 1. The number of nitrogens with one attached hydrogen (secondary N) is 1. The minimum atomic E-state index is 0.470. The monoisotopic (exact) mass is 333 g/mol. The van der Waals surface area contributed by atoms with Crippen molar-refractivity contribution < 1.29 is 4.74 Å². The summed E-state index contributed by atoms with van der Waals surface area (Å²) in [6, 6.07) is 6.12. The molecule has 122 valence electrons. The molecule has 2 aromatic rings. The number of anilines is 3. The normalized spacial score (nSPS) is 15.5. The van der Waals surface area contributed by atoms with E-state index in [-0.39, 0.29) is 0 Å². The van der Waals surface area contributed by atoms with Gasteiger partial charge in [0.1, 0.15) is 17.1 Å². The number of aromatic nitrogens is 2. The average Bonchev–Trinajstić information content (AvgIpc) is 2.58. The van der Waals surface area contributed by atoms with Crippen molar-refractivity contribution in [2.24, 2.45) is 0 Å². The van der Waals surface area contributed by atoms with Crippen molar-refractivity contribution >= 4 is 28.8 Å². The van der Waals surface area contributed by atoms with Crippen LogP contribution in [-0.4, -0.2) is 55.2 Å². The van der Waals surface area contributed by atoms with E-state index in [0.29, 0.717) is 10.8 Å². The molecule has 0 bridgehead atoms. The van der Waals surface area contributed by atoms with Crippen LogP contribution < -0.4 is 15.0 Å². The van der Waals surface area contributed by atoms with Gasteiger partial charge in [0.2, 0.25) is 0 Å². The summed E-state index contributed by atoms with van der Waals surface area (Å²) in [5.74, 6) is 1.32. The Morgan fingerprint density at radius 1 is 1.22 bits per heavy atom. The van der Waals surface area contributed by atoms with Gasteiger partial charge in [-0.25, -0.2) is 9.97 Å². The van der Waals surface area contributed by atoms with Crippen molar-refractivity contribution in [3.63, 3.8) is 0 Å². The Hall–Kier alpha value is -2.05. The topological polar surface area (TPSA) is 53.5 Å². The van der Waals surface area contributed by atoms with Gasteiger partial charge in [-0.15, -0.1) is 0 Å². The molecule has 1 saturated heterocycles. The van der Waals surface area contributed by atoms with E-state index in [0.717, 1.165) is 43.3 Å². The molecule has 0 unspecified atom stereocenters. The van der Waals surface area contributed by atoms with Gasteiger partial charge in [0.15, 0.2) is 5.82 Å². The SMILES string of the molecule is COc1cc(N2CCN(C)CC2)ccc1Nc1ncncc1Cl. The van der Waals surface area contributed by atoms with Crippen molar-refractivity contribution in [3.05, 3.63) is 35.7 Å². The summed E-state index contributed by atoms with van der Waals surface area (Å²) in [4.78, 5) is 12.7. The Kier molecular flexibility index (Phi) is 4.83. The number of likely N-dealkylation sites (N-methyl/N-ethyl adjacent to an activating group) is 1. The molecule has 1 aliphatic rings. The Morgan fingerprint density at radius 3 is 2.70 bits per heavy atom. The summed E-state index contributed by atoms with van der Waals surface area (Å²) in [7, 11) is 3.81. The Bertz CT molecular complexity index is 673. The van der Waals surface area contributed by atoms with Crippen LogP contribution >= 0.6 is 11.6 Å². The summed E-state index contributed by atoms with van der Waals surface area (Å²) in [5.41, 5.74) is 1.99. The lowest BCUT2D eigenvalue weighted by atomic mass is 10.2. The molecule has 0 spiro atoms. The first-order valence-corrected chi connectivity index (χ1v) is 7.89. The van der Waals surface area contributed by atoms with Gasteiger partial charge < -0.3 is 19.9 Å². The van der Waals surface area contributed by atoms with Gasteiger partial charge in [0, 0.05) is 37.9 Å². The van der Waals surface area contributed by atoms with Crippen LogP contribution in [0.1, 0.15) is 0 Å². The smallest absolute Gasteiger partial charge is 0.152 e. The van der Waals surface area contributed by atoms with Crippen LogP contribution in [0.5, 0.6) is 5.75 Å². The van der Waals surface area contributed by atoms with Gasteiger partial charge in [0.05, 0.1) is 19.0 Å². The molecule has 1 fully saturated rings. The zero-order valence-corrected chi connectivity index (χ0v) is 14.0. The number of hydrogen-bond donors (Lipinski definition) is 1. The second-order valence-electron chi connectivity index (χ2n) is 5.52. The number of rotatable bonds is 4. The third-order valence-corrected chi connectivity index (χ3v) is 4.25. The third-order valence-electron chi connectivity index (χ3n) is 3.97. The first-order chi connectivity index (χ1) is 11.2. The van der Waals surface area contributed by atoms with E-state index < -0.39 is 0 Å². The summed E-state index contributed by atoms with van der Waals surface area (Å²) in [5, 5.41) is 3.66. The van der Waals surface area contributed by atoms with E-state index in [4.69, 9.17) is 16.3 Å². The van der Waals surface area contributed by atoms with E-state index in [1.54, 1.807) is 13.3 Å². The molecule has 0 radical (unpaired) electrons. The molecular formula is C16H20ClN5O. The Balaban J connectivity index is 1.81. The summed E-state index contributed by atoms with van der Waals surface area (Å²) in [6.45, 7) is 4.17. The van der Waals surface area contributed by atoms with Crippen molar-refractivity contribution in [1.29, 1.82) is 0 Å². The predicted molar refractivity (Wildman–Crippen MR) is 93.0 cm³/mol. The van der Waals surface area contributed by atoms with Gasteiger partial charge in [0.25, 0.3) is 0 Å². The molecule has 0 atom stereocenters. The highest BCUT2D eigenvalue weighted by molar-refractivity contribution is 6.32. The van der Waals surface area contributed by atoms with Crippen molar-refractivity contribution in [1.82, 2.24) is 14.9 Å². The molecule has 1 aromatic heterocycles. The molecule has 1 N–H and O–H groups in total. The zero-order valence-electron chi connectivity index (χ0n) is 13.3. The maximum absolute atomic E-state index is 6.10. The zero-order chi connectivity index (χ0) is 16.2. The fraction of sp³-hybridized carbons (Fsp3) is 0.375. The highest BCUT2D eigenvalue weighted by Crippen LogP contribution is 2.33. The van der Waals surface area contributed by atoms with Crippen molar-refractivity contribution in [3.8, 4) is 5.75 Å². The lowest BCUT2D eigenvalue weighted by Gasteiger charge is -2.34. The van der Waals surface area contributed by atoms with Gasteiger partial charge in [-0.05, 0) is 19.2 Å². The molecule has 0 saturated carbocycles. The van der Waals surface area contributed by atoms with Gasteiger partial charge in [-0.1, -0.05) is 11.6 Å². The first kappa shape index (κ1) is 15.8. The van der Waals surface area contributed by atoms with Crippen molar-refractivity contribution in [2.75, 3.05) is 50.6 Å². The molecule has 1 aliphatic heterocycles. The second-order valence-corrected chi connectivity index (χ2v) is 5.93. The Labute approximate surface area is 141 Å². The lowest BCUT2D eigenvalue weighted by Crippen LogP contribution is -2.44. The fourth-order valence-electron chi connectivity index (χ4n) is 2.58. The molecule has 7 heteroatoms. The summed E-state index contributed by atoms with van der Waals surface area (Å²) < 4.78 is 5.52. The number of piperazine rings is 1. The minimum absolute atomic E-state index is 0.470. The number of halogens is 1. The summed E-state index contributed by atoms with van der Waals surface area (Å²) in [6.07, 6.45) is 3.02. The van der Waals surface area contributed by atoms with Crippen LogP contribution in [-0.2, 0) is 0 Å². The highest BCUT2D eigenvalue weighted by Gasteiger charge is 2.16. The van der Waals surface area contributed by atoms with Crippen molar-refractivity contribution in [2.45, 2.75) is 0 Å². The standard InChI is InChI=1S/C16H20ClN5O/c1-21-5-7-22(8-6-21)12-3-4-14(15(9-12)23-2)20-16-13(17)10-18-11-19-16/h3-4,9-11H,5-8H2,1-2H3,(H,18,19,20). The molecule has 1 aromatic carbocycles. The number of ether oxygens (including phenoxy) is 1.